The predicted octanol–water partition coefficient (Wildman–Crippen LogP) is 3.88. The molecule has 0 atom stereocenters. The summed E-state index contributed by atoms with van der Waals surface area (Å²) in [5, 5.41) is 3.86. The van der Waals surface area contributed by atoms with E-state index in [0.717, 1.165) is 16.5 Å². The van der Waals surface area contributed by atoms with Crippen LogP contribution in [0.15, 0.2) is 48.5 Å². The Bertz CT molecular complexity index is 780. The monoisotopic (exact) mass is 282 g/mol. The molecule has 0 unspecified atom stereocenters. The van der Waals surface area contributed by atoms with Crippen LogP contribution >= 0.6 is 0 Å². The highest BCUT2D eigenvalue weighted by atomic mass is 19.1. The van der Waals surface area contributed by atoms with Crippen molar-refractivity contribution in [3.05, 3.63) is 65.6 Å². The molecule has 0 saturated carbocycles. The number of nitrogens with one attached hydrogen (secondary N) is 1. The molecule has 3 aromatic rings. The third kappa shape index (κ3) is 2.29. The summed E-state index contributed by atoms with van der Waals surface area (Å²) >= 11 is 0. The number of hydrogen-bond donors (Lipinski definition) is 1. The summed E-state index contributed by atoms with van der Waals surface area (Å²) in [6.07, 6.45) is 0. The van der Waals surface area contributed by atoms with Gasteiger partial charge < -0.3 is 9.88 Å². The summed E-state index contributed by atoms with van der Waals surface area (Å²) in [7, 11) is 1.87. The number of fused-ring (bicyclic) bond motifs is 1. The number of para-hydroxylation sites is 1. The highest BCUT2D eigenvalue weighted by Gasteiger charge is 2.17. The zero-order chi connectivity index (χ0) is 15.0. The van der Waals surface area contributed by atoms with Crippen LogP contribution in [0.5, 0.6) is 0 Å². The molecule has 1 N–H and O–H groups in total. The SMILES string of the molecule is Cc1c(C(=O)Nc2ccc(F)cc2)n(C)c2ccccc12. The zero-order valence-electron chi connectivity index (χ0n) is 11.9. The second-order valence-electron chi connectivity index (χ2n) is 5.01. The van der Waals surface area contributed by atoms with Crippen LogP contribution in [0.1, 0.15) is 16.1 Å². The zero-order valence-corrected chi connectivity index (χ0v) is 11.9. The molecule has 0 aliphatic rings. The molecule has 4 heteroatoms. The van der Waals surface area contributed by atoms with E-state index in [2.05, 4.69) is 5.32 Å². The van der Waals surface area contributed by atoms with Crippen molar-refractivity contribution >= 4 is 22.5 Å². The normalized spacial score (nSPS) is 10.8. The number of carbonyl (C=O) groups excluding carboxylic acids is 1. The molecule has 1 amide bonds. The number of hydrogen-bond acceptors (Lipinski definition) is 1. The van der Waals surface area contributed by atoms with Crippen LogP contribution in [0.4, 0.5) is 10.1 Å². The van der Waals surface area contributed by atoms with Crippen LogP contribution in [0.25, 0.3) is 10.9 Å². The fraction of sp³-hybridized carbons (Fsp3) is 0.118. The number of aryl methyl sites for hydroxylation is 2. The molecular formula is C17H15FN2O. The number of benzene rings is 2. The third-order valence-electron chi connectivity index (χ3n) is 3.68. The summed E-state index contributed by atoms with van der Waals surface area (Å²) in [5.41, 5.74) is 3.14. The van der Waals surface area contributed by atoms with Crippen molar-refractivity contribution in [3.8, 4) is 0 Å². The fourth-order valence-corrected chi connectivity index (χ4v) is 2.63. The van der Waals surface area contributed by atoms with Gasteiger partial charge in [0.25, 0.3) is 5.91 Å². The van der Waals surface area contributed by atoms with E-state index in [9.17, 15) is 9.18 Å². The lowest BCUT2D eigenvalue weighted by Gasteiger charge is -2.07. The molecule has 3 nitrogen and oxygen atoms in total. The Morgan fingerprint density at radius 2 is 1.76 bits per heavy atom. The highest BCUT2D eigenvalue weighted by molar-refractivity contribution is 6.08. The van der Waals surface area contributed by atoms with Gasteiger partial charge in [-0.15, -0.1) is 0 Å². The van der Waals surface area contributed by atoms with Gasteiger partial charge in [-0.1, -0.05) is 18.2 Å². The molecule has 0 saturated heterocycles. The predicted molar refractivity (Wildman–Crippen MR) is 82.0 cm³/mol. The van der Waals surface area contributed by atoms with Gasteiger partial charge in [0.1, 0.15) is 11.5 Å². The van der Waals surface area contributed by atoms with Crippen LogP contribution in [0.3, 0.4) is 0 Å². The van der Waals surface area contributed by atoms with Crippen molar-refractivity contribution in [1.82, 2.24) is 4.57 Å². The van der Waals surface area contributed by atoms with Gasteiger partial charge in [-0.25, -0.2) is 4.39 Å². The summed E-state index contributed by atoms with van der Waals surface area (Å²) in [6, 6.07) is 13.6. The molecule has 1 aromatic heterocycles. The summed E-state index contributed by atoms with van der Waals surface area (Å²) in [4.78, 5) is 12.5. The third-order valence-corrected chi connectivity index (χ3v) is 3.68. The van der Waals surface area contributed by atoms with E-state index in [1.165, 1.54) is 12.1 Å². The van der Waals surface area contributed by atoms with E-state index in [0.29, 0.717) is 11.4 Å². The maximum Gasteiger partial charge on any atom is 0.272 e. The van der Waals surface area contributed by atoms with Gasteiger partial charge >= 0.3 is 0 Å². The van der Waals surface area contributed by atoms with Crippen molar-refractivity contribution in [2.75, 3.05) is 5.32 Å². The van der Waals surface area contributed by atoms with Gasteiger partial charge in [0.15, 0.2) is 0 Å². The van der Waals surface area contributed by atoms with Crippen LogP contribution in [-0.2, 0) is 7.05 Å². The van der Waals surface area contributed by atoms with Crippen LogP contribution in [-0.4, -0.2) is 10.5 Å². The van der Waals surface area contributed by atoms with Crippen molar-refractivity contribution in [2.45, 2.75) is 6.92 Å². The average molecular weight is 282 g/mol. The lowest BCUT2D eigenvalue weighted by Crippen LogP contribution is -2.16. The lowest BCUT2D eigenvalue weighted by molar-refractivity contribution is 0.101. The van der Waals surface area contributed by atoms with E-state index < -0.39 is 0 Å². The lowest BCUT2D eigenvalue weighted by atomic mass is 10.1. The molecule has 0 aliphatic carbocycles. The van der Waals surface area contributed by atoms with E-state index in [1.807, 2.05) is 42.8 Å². The number of halogens is 1. The van der Waals surface area contributed by atoms with Crippen LogP contribution in [0.2, 0.25) is 0 Å². The standard InChI is InChI=1S/C17H15FN2O/c1-11-14-5-3-4-6-15(14)20(2)16(11)17(21)19-13-9-7-12(18)8-10-13/h3-10H,1-2H3,(H,19,21). The highest BCUT2D eigenvalue weighted by Crippen LogP contribution is 2.25. The first-order valence-electron chi connectivity index (χ1n) is 6.69. The van der Waals surface area contributed by atoms with Crippen LogP contribution in [0, 0.1) is 12.7 Å². The number of nitrogens with zero attached hydrogens (tertiary/aromatic N) is 1. The van der Waals surface area contributed by atoms with Gasteiger partial charge in [0, 0.05) is 23.6 Å². The van der Waals surface area contributed by atoms with E-state index >= 15 is 0 Å². The van der Waals surface area contributed by atoms with Gasteiger partial charge in [-0.2, -0.15) is 0 Å². The molecule has 1 heterocycles. The van der Waals surface area contributed by atoms with Gasteiger partial charge in [0.05, 0.1) is 0 Å². The minimum Gasteiger partial charge on any atom is -0.339 e. The molecule has 0 fully saturated rings. The average Bonchev–Trinajstić information content (AvgIpc) is 2.74. The second-order valence-corrected chi connectivity index (χ2v) is 5.01. The van der Waals surface area contributed by atoms with E-state index in [-0.39, 0.29) is 11.7 Å². The molecule has 0 radical (unpaired) electrons. The van der Waals surface area contributed by atoms with Crippen molar-refractivity contribution in [2.24, 2.45) is 7.05 Å². The fourth-order valence-electron chi connectivity index (χ4n) is 2.63. The first-order chi connectivity index (χ1) is 10.1. The molecule has 0 aliphatic heterocycles. The Hall–Kier alpha value is -2.62. The molecule has 106 valence electrons. The van der Waals surface area contributed by atoms with Crippen LogP contribution < -0.4 is 5.32 Å². The summed E-state index contributed by atoms with van der Waals surface area (Å²) in [6.45, 7) is 1.93. The Balaban J connectivity index is 2.00. The van der Waals surface area contributed by atoms with E-state index in [1.54, 1.807) is 12.1 Å². The Morgan fingerprint density at radius 1 is 1.10 bits per heavy atom. The maximum absolute atomic E-state index is 12.9. The number of amides is 1. The first kappa shape index (κ1) is 13.4. The number of anilines is 1. The maximum atomic E-state index is 12.9. The molecule has 0 spiro atoms. The van der Waals surface area contributed by atoms with E-state index in [4.69, 9.17) is 0 Å². The quantitative estimate of drug-likeness (QED) is 0.760. The number of aromatic nitrogens is 1. The number of carbonyl (C=O) groups is 1. The summed E-state index contributed by atoms with van der Waals surface area (Å²) in [5.74, 6) is -0.522. The van der Waals surface area contributed by atoms with Gasteiger partial charge in [-0.05, 0) is 42.8 Å². The summed E-state index contributed by atoms with van der Waals surface area (Å²) < 4.78 is 14.8. The largest absolute Gasteiger partial charge is 0.339 e. The Kier molecular flexibility index (Phi) is 3.22. The Labute approximate surface area is 122 Å². The van der Waals surface area contributed by atoms with Gasteiger partial charge in [-0.3, -0.25) is 4.79 Å². The minimum absolute atomic E-state index is 0.196. The second kappa shape index (κ2) is 5.05. The molecule has 2 aromatic carbocycles. The van der Waals surface area contributed by atoms with Crippen molar-refractivity contribution < 1.29 is 9.18 Å². The topological polar surface area (TPSA) is 34.0 Å². The first-order valence-corrected chi connectivity index (χ1v) is 6.69. The molecule has 0 bridgehead atoms. The van der Waals surface area contributed by atoms with Crippen molar-refractivity contribution in [3.63, 3.8) is 0 Å². The Morgan fingerprint density at radius 3 is 2.43 bits per heavy atom. The molecular weight excluding hydrogens is 267 g/mol. The van der Waals surface area contributed by atoms with Crippen molar-refractivity contribution in [1.29, 1.82) is 0 Å². The van der Waals surface area contributed by atoms with Gasteiger partial charge in [0.2, 0.25) is 0 Å². The number of rotatable bonds is 2. The minimum atomic E-state index is -0.325. The molecule has 21 heavy (non-hydrogen) atoms. The molecule has 3 rings (SSSR count). The smallest absolute Gasteiger partial charge is 0.272 e.